The van der Waals surface area contributed by atoms with E-state index in [1.165, 1.54) is 0 Å². The highest BCUT2D eigenvalue weighted by Gasteiger charge is 2.26. The van der Waals surface area contributed by atoms with E-state index >= 15 is 0 Å². The Hall–Kier alpha value is -3.67. The fourth-order valence-corrected chi connectivity index (χ4v) is 3.83. The van der Waals surface area contributed by atoms with Crippen molar-refractivity contribution in [1.29, 1.82) is 0 Å². The topological polar surface area (TPSA) is 69.3 Å². The minimum Gasteiger partial charge on any atom is -0.361 e. The molecule has 0 atom stereocenters. The highest BCUT2D eigenvalue weighted by molar-refractivity contribution is 5.98. The molecule has 2 aromatic carbocycles. The number of hydrogen-bond donors (Lipinski definition) is 1. The van der Waals surface area contributed by atoms with Crippen molar-refractivity contribution in [2.24, 2.45) is 0 Å². The van der Waals surface area contributed by atoms with E-state index in [0.717, 1.165) is 21.8 Å². The fourth-order valence-electron chi connectivity index (χ4n) is 3.83. The number of fused-ring (bicyclic) bond motifs is 2. The molecule has 1 fully saturated rings. The smallest absolute Gasteiger partial charge is 0.272 e. The summed E-state index contributed by atoms with van der Waals surface area (Å²) in [7, 11) is 0. The summed E-state index contributed by atoms with van der Waals surface area (Å²) in [6.07, 6.45) is 1.87. The van der Waals surface area contributed by atoms with Crippen LogP contribution in [0.25, 0.3) is 21.8 Å². The Kier molecular flexibility index (Phi) is 4.24. The number of nitrogens with one attached hydrogen (secondary N) is 1. The van der Waals surface area contributed by atoms with Crippen LogP contribution in [0.1, 0.15) is 20.8 Å². The molecule has 0 bridgehead atoms. The first-order valence-corrected chi connectivity index (χ1v) is 9.70. The molecule has 1 aliphatic heterocycles. The lowest BCUT2D eigenvalue weighted by molar-refractivity contribution is 0.0532. The van der Waals surface area contributed by atoms with Crippen molar-refractivity contribution in [3.8, 4) is 0 Å². The van der Waals surface area contributed by atoms with Crippen molar-refractivity contribution in [2.75, 3.05) is 26.2 Å². The van der Waals surface area contributed by atoms with E-state index in [4.69, 9.17) is 0 Å². The van der Waals surface area contributed by atoms with E-state index in [1.54, 1.807) is 11.0 Å². The lowest BCUT2D eigenvalue weighted by Crippen LogP contribution is -2.50. The van der Waals surface area contributed by atoms with Gasteiger partial charge in [-0.05, 0) is 36.4 Å². The van der Waals surface area contributed by atoms with Crippen LogP contribution in [0.5, 0.6) is 0 Å². The molecule has 0 saturated carbocycles. The molecular formula is C23H20N4O2. The Bertz CT molecular complexity index is 1220. The monoisotopic (exact) mass is 384 g/mol. The molecule has 6 heteroatoms. The van der Waals surface area contributed by atoms with Crippen LogP contribution >= 0.6 is 0 Å². The van der Waals surface area contributed by atoms with Crippen molar-refractivity contribution in [3.63, 3.8) is 0 Å². The minimum absolute atomic E-state index is 0.00373. The van der Waals surface area contributed by atoms with E-state index in [1.807, 2.05) is 65.7 Å². The van der Waals surface area contributed by atoms with Crippen molar-refractivity contribution >= 4 is 33.6 Å². The Labute approximate surface area is 167 Å². The van der Waals surface area contributed by atoms with Gasteiger partial charge in [-0.3, -0.25) is 9.59 Å². The van der Waals surface area contributed by atoms with Gasteiger partial charge < -0.3 is 14.8 Å². The van der Waals surface area contributed by atoms with Crippen LogP contribution < -0.4 is 0 Å². The molecule has 2 amide bonds. The summed E-state index contributed by atoms with van der Waals surface area (Å²) in [5.74, 6) is -0.0828. The highest BCUT2D eigenvalue weighted by Crippen LogP contribution is 2.18. The molecule has 0 spiro atoms. The zero-order valence-electron chi connectivity index (χ0n) is 15.8. The predicted molar refractivity (Wildman–Crippen MR) is 112 cm³/mol. The van der Waals surface area contributed by atoms with Crippen molar-refractivity contribution < 1.29 is 9.59 Å². The number of para-hydroxylation sites is 1. The molecule has 29 heavy (non-hydrogen) atoms. The SMILES string of the molecule is O=C(c1ccc2[nH]ccc2c1)N1CCN(C(=O)c2ccc3ccccc3n2)CC1. The molecule has 6 nitrogen and oxygen atoms in total. The van der Waals surface area contributed by atoms with Crippen molar-refractivity contribution in [3.05, 3.63) is 78.1 Å². The molecule has 3 heterocycles. The Morgan fingerprint density at radius 2 is 1.55 bits per heavy atom. The summed E-state index contributed by atoms with van der Waals surface area (Å²) in [5, 5.41) is 2.03. The lowest BCUT2D eigenvalue weighted by Gasteiger charge is -2.34. The van der Waals surface area contributed by atoms with Gasteiger partial charge in [-0.2, -0.15) is 0 Å². The number of benzene rings is 2. The predicted octanol–water partition coefficient (Wildman–Crippen LogP) is 3.31. The number of pyridine rings is 1. The van der Waals surface area contributed by atoms with Crippen molar-refractivity contribution in [1.82, 2.24) is 19.8 Å². The standard InChI is InChI=1S/C23H20N4O2/c28-22(18-6-7-19-17(15-18)9-10-24-19)26-11-13-27(14-12-26)23(29)21-8-5-16-3-1-2-4-20(16)25-21/h1-10,15,24H,11-14H2. The van der Waals surface area contributed by atoms with Crippen LogP contribution in [0.4, 0.5) is 0 Å². The Morgan fingerprint density at radius 3 is 2.38 bits per heavy atom. The van der Waals surface area contributed by atoms with Crippen molar-refractivity contribution in [2.45, 2.75) is 0 Å². The minimum atomic E-state index is -0.0865. The molecule has 2 aromatic heterocycles. The first kappa shape index (κ1) is 17.4. The summed E-state index contributed by atoms with van der Waals surface area (Å²) in [6.45, 7) is 2.05. The van der Waals surface area contributed by atoms with Gasteiger partial charge in [0.15, 0.2) is 0 Å². The molecule has 0 radical (unpaired) electrons. The zero-order valence-corrected chi connectivity index (χ0v) is 15.8. The number of nitrogens with zero attached hydrogens (tertiary/aromatic N) is 3. The maximum Gasteiger partial charge on any atom is 0.272 e. The molecule has 1 aliphatic rings. The summed E-state index contributed by atoms with van der Waals surface area (Å²) in [5.41, 5.74) is 2.95. The third-order valence-electron chi connectivity index (χ3n) is 5.47. The molecule has 5 rings (SSSR count). The first-order valence-electron chi connectivity index (χ1n) is 9.70. The molecule has 1 saturated heterocycles. The molecule has 0 unspecified atom stereocenters. The number of aromatic amines is 1. The summed E-state index contributed by atoms with van der Waals surface area (Å²) >= 11 is 0. The lowest BCUT2D eigenvalue weighted by atomic mass is 10.1. The van der Waals surface area contributed by atoms with E-state index in [0.29, 0.717) is 37.4 Å². The van der Waals surface area contributed by atoms with Gasteiger partial charge in [-0.15, -0.1) is 0 Å². The average Bonchev–Trinajstić information content (AvgIpc) is 3.26. The molecule has 1 N–H and O–H groups in total. The summed E-state index contributed by atoms with van der Waals surface area (Å²) in [6, 6.07) is 19.1. The molecule has 0 aliphatic carbocycles. The Morgan fingerprint density at radius 1 is 0.793 bits per heavy atom. The normalized spacial score (nSPS) is 14.5. The Balaban J connectivity index is 1.27. The van der Waals surface area contributed by atoms with E-state index in [9.17, 15) is 9.59 Å². The van der Waals surface area contributed by atoms with Gasteiger partial charge in [-0.25, -0.2) is 4.98 Å². The third kappa shape index (κ3) is 3.23. The molecule has 4 aromatic rings. The van der Waals surface area contributed by atoms with Gasteiger partial charge >= 0.3 is 0 Å². The van der Waals surface area contributed by atoms with Crippen LogP contribution in [0.3, 0.4) is 0 Å². The van der Waals surface area contributed by atoms with Crippen LogP contribution in [-0.4, -0.2) is 57.8 Å². The second kappa shape index (κ2) is 7.05. The molecule has 144 valence electrons. The number of piperazine rings is 1. The number of amides is 2. The van der Waals surface area contributed by atoms with E-state index in [2.05, 4.69) is 9.97 Å². The number of rotatable bonds is 2. The molecular weight excluding hydrogens is 364 g/mol. The fraction of sp³-hybridized carbons (Fsp3) is 0.174. The maximum atomic E-state index is 12.9. The van der Waals surface area contributed by atoms with Gasteiger partial charge in [0.1, 0.15) is 5.69 Å². The van der Waals surface area contributed by atoms with E-state index in [-0.39, 0.29) is 11.8 Å². The number of H-pyrrole nitrogens is 1. The van der Waals surface area contributed by atoms with Gasteiger partial charge in [0, 0.05) is 54.2 Å². The van der Waals surface area contributed by atoms with Gasteiger partial charge in [0.05, 0.1) is 5.52 Å². The van der Waals surface area contributed by atoms with Crippen LogP contribution in [0, 0.1) is 0 Å². The third-order valence-corrected chi connectivity index (χ3v) is 5.47. The quantitative estimate of drug-likeness (QED) is 0.576. The van der Waals surface area contributed by atoms with Crippen LogP contribution in [-0.2, 0) is 0 Å². The van der Waals surface area contributed by atoms with E-state index < -0.39 is 0 Å². The van der Waals surface area contributed by atoms with Gasteiger partial charge in [0.2, 0.25) is 0 Å². The van der Waals surface area contributed by atoms with Gasteiger partial charge in [0.25, 0.3) is 11.8 Å². The van der Waals surface area contributed by atoms with Crippen LogP contribution in [0.2, 0.25) is 0 Å². The maximum absolute atomic E-state index is 12.9. The zero-order chi connectivity index (χ0) is 19.8. The largest absolute Gasteiger partial charge is 0.361 e. The summed E-state index contributed by atoms with van der Waals surface area (Å²) in [4.78, 5) is 36.9. The highest BCUT2D eigenvalue weighted by atomic mass is 16.2. The second-order valence-corrected chi connectivity index (χ2v) is 7.25. The summed E-state index contributed by atoms with van der Waals surface area (Å²) < 4.78 is 0. The number of carbonyl (C=O) groups excluding carboxylic acids is 2. The number of hydrogen-bond acceptors (Lipinski definition) is 3. The average molecular weight is 384 g/mol. The number of carbonyl (C=O) groups is 2. The van der Waals surface area contributed by atoms with Crippen LogP contribution in [0.15, 0.2) is 66.9 Å². The second-order valence-electron chi connectivity index (χ2n) is 7.25. The van der Waals surface area contributed by atoms with Gasteiger partial charge in [-0.1, -0.05) is 24.3 Å². The first-order chi connectivity index (χ1) is 14.2. The number of aromatic nitrogens is 2.